The zero-order valence-electron chi connectivity index (χ0n) is 12.8. The minimum absolute atomic E-state index is 0.0226. The fourth-order valence-corrected chi connectivity index (χ4v) is 1.87. The molecular formula is C15H20F3NO3. The largest absolute Gasteiger partial charge is 0.497 e. The number of carbonyl (C=O) groups excluding carboxylic acids is 1. The van der Waals surface area contributed by atoms with Crippen molar-refractivity contribution in [1.82, 2.24) is 4.90 Å². The maximum atomic E-state index is 12.4. The average molecular weight is 319 g/mol. The molecule has 0 heterocycles. The van der Waals surface area contributed by atoms with Crippen molar-refractivity contribution in [3.8, 4) is 5.75 Å². The number of amides is 1. The van der Waals surface area contributed by atoms with Gasteiger partial charge < -0.3 is 14.4 Å². The van der Waals surface area contributed by atoms with E-state index in [9.17, 15) is 18.0 Å². The second-order valence-electron chi connectivity index (χ2n) is 4.77. The highest BCUT2D eigenvalue weighted by Crippen LogP contribution is 2.18. The number of halogens is 3. The first kappa shape index (κ1) is 18.3. The molecule has 1 atom stereocenters. The van der Waals surface area contributed by atoms with Crippen LogP contribution in [0.5, 0.6) is 5.75 Å². The summed E-state index contributed by atoms with van der Waals surface area (Å²) in [5, 5.41) is 0. The van der Waals surface area contributed by atoms with Gasteiger partial charge in [-0.15, -0.1) is 0 Å². The fourth-order valence-electron chi connectivity index (χ4n) is 1.87. The van der Waals surface area contributed by atoms with Gasteiger partial charge in [-0.1, -0.05) is 12.1 Å². The van der Waals surface area contributed by atoms with Gasteiger partial charge >= 0.3 is 6.18 Å². The van der Waals surface area contributed by atoms with Gasteiger partial charge in [0, 0.05) is 6.54 Å². The maximum absolute atomic E-state index is 12.4. The van der Waals surface area contributed by atoms with Gasteiger partial charge in [0.15, 0.2) is 0 Å². The summed E-state index contributed by atoms with van der Waals surface area (Å²) < 4.78 is 47.6. The Morgan fingerprint density at radius 2 is 2.05 bits per heavy atom. The van der Waals surface area contributed by atoms with Crippen molar-refractivity contribution < 1.29 is 27.4 Å². The van der Waals surface area contributed by atoms with Gasteiger partial charge in [0.05, 0.1) is 13.7 Å². The molecule has 1 amide bonds. The van der Waals surface area contributed by atoms with Crippen molar-refractivity contribution in [3.63, 3.8) is 0 Å². The zero-order chi connectivity index (χ0) is 16.8. The number of alkyl halides is 3. The van der Waals surface area contributed by atoms with Gasteiger partial charge in [-0.2, -0.15) is 13.2 Å². The lowest BCUT2D eigenvalue weighted by Gasteiger charge is -2.25. The van der Waals surface area contributed by atoms with Crippen LogP contribution in [-0.4, -0.2) is 43.3 Å². The summed E-state index contributed by atoms with van der Waals surface area (Å²) in [6.45, 7) is 1.77. The molecule has 1 aromatic carbocycles. The second-order valence-corrected chi connectivity index (χ2v) is 4.77. The van der Waals surface area contributed by atoms with E-state index in [0.717, 1.165) is 10.5 Å². The van der Waals surface area contributed by atoms with Gasteiger partial charge in [0.1, 0.15) is 18.4 Å². The third-order valence-electron chi connectivity index (χ3n) is 3.05. The molecule has 7 heteroatoms. The summed E-state index contributed by atoms with van der Waals surface area (Å²) in [7, 11) is 1.53. The Bertz CT molecular complexity index is 491. The van der Waals surface area contributed by atoms with E-state index in [1.54, 1.807) is 24.3 Å². The molecule has 1 unspecified atom stereocenters. The van der Waals surface area contributed by atoms with Crippen molar-refractivity contribution >= 4 is 5.91 Å². The number of hydrogen-bond acceptors (Lipinski definition) is 3. The predicted octanol–water partition coefficient (Wildman–Crippen LogP) is 3.01. The SMILES string of the molecule is CCN(CC(F)(F)F)C(=O)C(C)OCc1cccc(OC)c1. The van der Waals surface area contributed by atoms with E-state index < -0.39 is 24.7 Å². The van der Waals surface area contributed by atoms with Gasteiger partial charge in [-0.3, -0.25) is 4.79 Å². The smallest absolute Gasteiger partial charge is 0.406 e. The van der Waals surface area contributed by atoms with Crippen LogP contribution >= 0.6 is 0 Å². The molecule has 0 aromatic heterocycles. The molecule has 0 saturated carbocycles. The van der Waals surface area contributed by atoms with E-state index in [2.05, 4.69) is 0 Å². The number of methoxy groups -OCH3 is 1. The lowest BCUT2D eigenvalue weighted by atomic mass is 10.2. The average Bonchev–Trinajstić information content (AvgIpc) is 2.48. The number of likely N-dealkylation sites (N-methyl/N-ethyl adjacent to an activating group) is 1. The molecule has 4 nitrogen and oxygen atoms in total. The second kappa shape index (κ2) is 8.03. The van der Waals surface area contributed by atoms with E-state index in [4.69, 9.17) is 9.47 Å². The Morgan fingerprint density at radius 1 is 1.36 bits per heavy atom. The van der Waals surface area contributed by atoms with Crippen molar-refractivity contribution in [1.29, 1.82) is 0 Å². The minimum Gasteiger partial charge on any atom is -0.497 e. The van der Waals surface area contributed by atoms with Crippen molar-refractivity contribution in [2.45, 2.75) is 32.7 Å². The van der Waals surface area contributed by atoms with Crippen LogP contribution in [0.15, 0.2) is 24.3 Å². The first-order valence-electron chi connectivity index (χ1n) is 6.87. The molecule has 0 fully saturated rings. The highest BCUT2D eigenvalue weighted by atomic mass is 19.4. The van der Waals surface area contributed by atoms with Gasteiger partial charge in [0.25, 0.3) is 5.91 Å². The number of benzene rings is 1. The molecule has 0 saturated heterocycles. The molecule has 0 aliphatic carbocycles. The van der Waals surface area contributed by atoms with Crippen LogP contribution in [0.3, 0.4) is 0 Å². The summed E-state index contributed by atoms with van der Waals surface area (Å²) >= 11 is 0. The van der Waals surface area contributed by atoms with Crippen LogP contribution in [0.25, 0.3) is 0 Å². The number of nitrogens with zero attached hydrogens (tertiary/aromatic N) is 1. The molecular weight excluding hydrogens is 299 g/mol. The Hall–Kier alpha value is -1.76. The Labute approximate surface area is 127 Å². The Balaban J connectivity index is 2.59. The number of hydrogen-bond donors (Lipinski definition) is 0. The molecule has 1 rings (SSSR count). The fraction of sp³-hybridized carbons (Fsp3) is 0.533. The normalized spacial score (nSPS) is 12.8. The highest BCUT2D eigenvalue weighted by Gasteiger charge is 2.33. The molecule has 124 valence electrons. The number of carbonyl (C=O) groups is 1. The van der Waals surface area contributed by atoms with E-state index in [1.165, 1.54) is 21.0 Å². The van der Waals surface area contributed by atoms with Crippen LogP contribution in [0.1, 0.15) is 19.4 Å². The lowest BCUT2D eigenvalue weighted by molar-refractivity contribution is -0.167. The summed E-state index contributed by atoms with van der Waals surface area (Å²) in [6, 6.07) is 7.06. The Morgan fingerprint density at radius 3 is 2.59 bits per heavy atom. The Kier molecular flexibility index (Phi) is 6.67. The summed E-state index contributed by atoms with van der Waals surface area (Å²) in [5.41, 5.74) is 0.776. The molecule has 0 radical (unpaired) electrons. The third-order valence-corrected chi connectivity index (χ3v) is 3.05. The predicted molar refractivity (Wildman–Crippen MR) is 75.6 cm³/mol. The molecule has 0 spiro atoms. The topological polar surface area (TPSA) is 38.8 Å². The van der Waals surface area contributed by atoms with Crippen LogP contribution in [0, 0.1) is 0 Å². The minimum atomic E-state index is -4.42. The highest BCUT2D eigenvalue weighted by molar-refractivity contribution is 5.80. The van der Waals surface area contributed by atoms with Crippen molar-refractivity contribution in [2.75, 3.05) is 20.2 Å². The monoisotopic (exact) mass is 319 g/mol. The standard InChI is InChI=1S/C15H20F3NO3/c1-4-19(10-15(16,17)18)14(20)11(2)22-9-12-6-5-7-13(8-12)21-3/h5-8,11H,4,9-10H2,1-3H3. The van der Waals surface area contributed by atoms with Crippen LogP contribution < -0.4 is 4.74 Å². The van der Waals surface area contributed by atoms with Crippen LogP contribution in [0.4, 0.5) is 13.2 Å². The van der Waals surface area contributed by atoms with E-state index in [0.29, 0.717) is 5.75 Å². The number of ether oxygens (including phenoxy) is 2. The van der Waals surface area contributed by atoms with Crippen molar-refractivity contribution in [3.05, 3.63) is 29.8 Å². The first-order valence-corrected chi connectivity index (χ1v) is 6.87. The van der Waals surface area contributed by atoms with E-state index in [1.807, 2.05) is 0 Å². The van der Waals surface area contributed by atoms with Crippen LogP contribution in [0.2, 0.25) is 0 Å². The van der Waals surface area contributed by atoms with Gasteiger partial charge in [-0.05, 0) is 31.5 Å². The molecule has 0 bridgehead atoms. The van der Waals surface area contributed by atoms with Gasteiger partial charge in [-0.25, -0.2) is 0 Å². The maximum Gasteiger partial charge on any atom is 0.406 e. The third kappa shape index (κ3) is 5.93. The van der Waals surface area contributed by atoms with Crippen molar-refractivity contribution in [2.24, 2.45) is 0 Å². The number of rotatable bonds is 7. The van der Waals surface area contributed by atoms with Gasteiger partial charge in [0.2, 0.25) is 0 Å². The summed E-state index contributed by atoms with van der Waals surface area (Å²) in [5.74, 6) is -0.0324. The first-order chi connectivity index (χ1) is 10.3. The van der Waals surface area contributed by atoms with E-state index in [-0.39, 0.29) is 13.2 Å². The van der Waals surface area contributed by atoms with E-state index >= 15 is 0 Å². The molecule has 0 N–H and O–H groups in total. The zero-order valence-corrected chi connectivity index (χ0v) is 12.8. The summed E-state index contributed by atoms with van der Waals surface area (Å²) in [6.07, 6.45) is -5.37. The molecule has 1 aromatic rings. The molecule has 0 aliphatic rings. The molecule has 22 heavy (non-hydrogen) atoms. The molecule has 0 aliphatic heterocycles. The van der Waals surface area contributed by atoms with Crippen LogP contribution in [-0.2, 0) is 16.1 Å². The lowest BCUT2D eigenvalue weighted by Crippen LogP contribution is -2.44. The summed E-state index contributed by atoms with van der Waals surface area (Å²) in [4.78, 5) is 12.7. The quantitative estimate of drug-likeness (QED) is 0.775.